The van der Waals surface area contributed by atoms with Gasteiger partial charge in [-0.3, -0.25) is 14.8 Å². The molecule has 0 bridgehead atoms. The predicted octanol–water partition coefficient (Wildman–Crippen LogP) is 2.50. The summed E-state index contributed by atoms with van der Waals surface area (Å²) in [5, 5.41) is 19.4. The summed E-state index contributed by atoms with van der Waals surface area (Å²) in [4.78, 5) is 10.7. The predicted molar refractivity (Wildman–Crippen MR) is 85.2 cm³/mol. The summed E-state index contributed by atoms with van der Waals surface area (Å²) >= 11 is 0. The van der Waals surface area contributed by atoms with Gasteiger partial charge in [0.1, 0.15) is 12.9 Å². The highest BCUT2D eigenvalue weighted by molar-refractivity contribution is 6.76. The second kappa shape index (κ2) is 6.40. The van der Waals surface area contributed by atoms with Crippen molar-refractivity contribution in [3.8, 4) is 11.3 Å². The minimum absolute atomic E-state index is 0.0400. The van der Waals surface area contributed by atoms with Crippen molar-refractivity contribution in [2.75, 3.05) is 6.61 Å². The monoisotopic (exact) mass is 323 g/mol. The Labute approximate surface area is 129 Å². The molecule has 0 fully saturated rings. The maximum atomic E-state index is 11.2. The van der Waals surface area contributed by atoms with Gasteiger partial charge in [-0.15, -0.1) is 0 Å². The van der Waals surface area contributed by atoms with E-state index in [1.165, 1.54) is 10.9 Å². The normalized spacial score (nSPS) is 11.8. The van der Waals surface area contributed by atoms with Crippen molar-refractivity contribution in [3.63, 3.8) is 0 Å². The molecule has 0 amide bonds. The molecule has 0 saturated carbocycles. The zero-order valence-corrected chi connectivity index (χ0v) is 14.3. The molecule has 2 rings (SSSR count). The van der Waals surface area contributed by atoms with Crippen LogP contribution >= 0.6 is 0 Å². The number of nitro groups is 1. The molecule has 120 valence electrons. The van der Waals surface area contributed by atoms with Crippen LogP contribution in [0.5, 0.6) is 0 Å². The van der Waals surface area contributed by atoms with Crippen LogP contribution in [0.4, 0.5) is 5.69 Å². The highest BCUT2D eigenvalue weighted by Crippen LogP contribution is 2.27. The summed E-state index contributed by atoms with van der Waals surface area (Å²) in [5.74, 6) is 0. The second-order valence-electron chi connectivity index (χ2n) is 6.41. The zero-order chi connectivity index (χ0) is 16.3. The van der Waals surface area contributed by atoms with Crippen LogP contribution in [0.2, 0.25) is 25.7 Å². The van der Waals surface area contributed by atoms with Crippen molar-refractivity contribution in [1.29, 1.82) is 0 Å². The number of nitrogens with zero attached hydrogens (tertiary/aromatic N) is 5. The molecule has 0 aromatic carbocycles. The van der Waals surface area contributed by atoms with Crippen molar-refractivity contribution < 1.29 is 9.66 Å². The fraction of sp³-hybridized carbons (Fsp3) is 0.538. The third kappa shape index (κ3) is 4.24. The highest BCUT2D eigenvalue weighted by Gasteiger charge is 2.22. The van der Waals surface area contributed by atoms with Gasteiger partial charge in [0.2, 0.25) is 0 Å². The number of aromatic nitrogens is 4. The molecule has 9 heteroatoms. The molecule has 0 radical (unpaired) electrons. The summed E-state index contributed by atoms with van der Waals surface area (Å²) in [6, 6.07) is 1.05. The molecule has 0 atom stereocenters. The fourth-order valence-electron chi connectivity index (χ4n) is 1.90. The largest absolute Gasteiger partial charge is 0.360 e. The lowest BCUT2D eigenvalue weighted by Crippen LogP contribution is -2.22. The molecule has 0 spiro atoms. The van der Waals surface area contributed by atoms with E-state index in [4.69, 9.17) is 4.74 Å². The molecule has 0 unspecified atom stereocenters. The number of hydrogen-bond donors (Lipinski definition) is 0. The lowest BCUT2D eigenvalue weighted by molar-refractivity contribution is -0.384. The number of rotatable bonds is 7. The zero-order valence-electron chi connectivity index (χ0n) is 13.3. The van der Waals surface area contributed by atoms with Crippen LogP contribution in [0.1, 0.15) is 0 Å². The van der Waals surface area contributed by atoms with E-state index in [1.807, 2.05) is 0 Å². The van der Waals surface area contributed by atoms with Gasteiger partial charge in [0.25, 0.3) is 0 Å². The van der Waals surface area contributed by atoms with Crippen LogP contribution in [0, 0.1) is 10.1 Å². The van der Waals surface area contributed by atoms with Gasteiger partial charge in [-0.25, -0.2) is 4.68 Å². The lowest BCUT2D eigenvalue weighted by Gasteiger charge is -2.15. The van der Waals surface area contributed by atoms with Gasteiger partial charge in [-0.05, 0) is 6.04 Å². The van der Waals surface area contributed by atoms with Crippen molar-refractivity contribution in [2.45, 2.75) is 32.4 Å². The minimum atomic E-state index is -1.14. The molecule has 22 heavy (non-hydrogen) atoms. The SMILES string of the molecule is Cn1cc(-c2nn(COCC[Si](C)(C)C)cc2[N+](=O)[O-])cn1. The first kappa shape index (κ1) is 16.4. The average Bonchev–Trinajstić information content (AvgIpc) is 2.99. The van der Waals surface area contributed by atoms with E-state index >= 15 is 0 Å². The molecule has 2 aromatic rings. The van der Waals surface area contributed by atoms with Crippen LogP contribution in [-0.2, 0) is 18.5 Å². The van der Waals surface area contributed by atoms with Gasteiger partial charge in [-0.1, -0.05) is 19.6 Å². The van der Waals surface area contributed by atoms with Crippen molar-refractivity contribution >= 4 is 13.8 Å². The summed E-state index contributed by atoms with van der Waals surface area (Å²) in [5.41, 5.74) is 0.892. The van der Waals surface area contributed by atoms with Crippen LogP contribution in [0.25, 0.3) is 11.3 Å². The standard InChI is InChI=1S/C13H21N5O3Si/c1-16-8-11(7-14-16)13-12(18(19)20)9-17(15-13)10-21-5-6-22(2,3)4/h7-9H,5-6,10H2,1-4H3. The van der Waals surface area contributed by atoms with Crippen LogP contribution < -0.4 is 0 Å². The van der Waals surface area contributed by atoms with Gasteiger partial charge in [-0.2, -0.15) is 10.2 Å². The molecular weight excluding hydrogens is 302 g/mol. The van der Waals surface area contributed by atoms with E-state index in [2.05, 4.69) is 29.8 Å². The van der Waals surface area contributed by atoms with Gasteiger partial charge in [0.15, 0.2) is 5.69 Å². The van der Waals surface area contributed by atoms with Crippen LogP contribution in [-0.4, -0.2) is 39.2 Å². The Hall–Kier alpha value is -2.00. The third-order valence-electron chi connectivity index (χ3n) is 3.14. The average molecular weight is 323 g/mol. The summed E-state index contributed by atoms with van der Waals surface area (Å²) in [6.45, 7) is 7.68. The van der Waals surface area contributed by atoms with Gasteiger partial charge >= 0.3 is 5.69 Å². The van der Waals surface area contributed by atoms with Gasteiger partial charge in [0.05, 0.1) is 11.1 Å². The Kier molecular flexibility index (Phi) is 4.76. The van der Waals surface area contributed by atoms with Crippen molar-refractivity contribution in [2.24, 2.45) is 7.05 Å². The molecule has 0 N–H and O–H groups in total. The summed E-state index contributed by atoms with van der Waals surface area (Å²) in [6.07, 6.45) is 4.66. The smallest absolute Gasteiger partial charge is 0.315 e. The first-order valence-corrected chi connectivity index (χ1v) is 10.8. The molecule has 2 aromatic heterocycles. The van der Waals surface area contributed by atoms with Crippen molar-refractivity contribution in [1.82, 2.24) is 19.6 Å². The molecule has 0 saturated heterocycles. The first-order chi connectivity index (χ1) is 10.3. The fourth-order valence-corrected chi connectivity index (χ4v) is 2.65. The Morgan fingerprint density at radius 1 is 1.36 bits per heavy atom. The Balaban J connectivity index is 2.09. The molecule has 8 nitrogen and oxygen atoms in total. The van der Waals surface area contributed by atoms with E-state index in [0.717, 1.165) is 6.04 Å². The molecule has 0 aliphatic carbocycles. The minimum Gasteiger partial charge on any atom is -0.360 e. The second-order valence-corrected chi connectivity index (χ2v) is 12.0. The third-order valence-corrected chi connectivity index (χ3v) is 4.84. The summed E-state index contributed by atoms with van der Waals surface area (Å²) in [7, 11) is 0.613. The highest BCUT2D eigenvalue weighted by atomic mass is 28.3. The van der Waals surface area contributed by atoms with E-state index in [-0.39, 0.29) is 12.4 Å². The van der Waals surface area contributed by atoms with E-state index in [9.17, 15) is 10.1 Å². The molecule has 2 heterocycles. The maximum absolute atomic E-state index is 11.2. The van der Waals surface area contributed by atoms with Crippen LogP contribution in [0.3, 0.4) is 0 Å². The van der Waals surface area contributed by atoms with Gasteiger partial charge in [0, 0.05) is 33.5 Å². The Bertz CT molecular complexity index is 659. The van der Waals surface area contributed by atoms with Gasteiger partial charge < -0.3 is 4.74 Å². The molecule has 0 aliphatic rings. The van der Waals surface area contributed by atoms with E-state index in [0.29, 0.717) is 17.9 Å². The Morgan fingerprint density at radius 2 is 2.09 bits per heavy atom. The quantitative estimate of drug-likeness (QED) is 0.338. The first-order valence-electron chi connectivity index (χ1n) is 7.05. The topological polar surface area (TPSA) is 88.0 Å². The number of aryl methyl sites for hydroxylation is 1. The maximum Gasteiger partial charge on any atom is 0.315 e. The number of ether oxygens (including phenoxy) is 1. The van der Waals surface area contributed by atoms with Crippen molar-refractivity contribution in [3.05, 3.63) is 28.7 Å². The number of hydrogen-bond acceptors (Lipinski definition) is 5. The molecule has 0 aliphatic heterocycles. The summed E-state index contributed by atoms with van der Waals surface area (Å²) < 4.78 is 8.63. The van der Waals surface area contributed by atoms with E-state index < -0.39 is 13.0 Å². The lowest BCUT2D eigenvalue weighted by atomic mass is 10.2. The Morgan fingerprint density at radius 3 is 2.64 bits per heavy atom. The van der Waals surface area contributed by atoms with Crippen LogP contribution in [0.15, 0.2) is 18.6 Å². The molecular formula is C13H21N5O3Si. The van der Waals surface area contributed by atoms with E-state index in [1.54, 1.807) is 24.1 Å².